The number of nitrogens with two attached hydrogens (primary N) is 1. The number of fused-ring (bicyclic) bond motifs is 5. The molecule has 1 saturated carbocycles. The first-order chi connectivity index (χ1) is 16.7. The van der Waals surface area contributed by atoms with Crippen molar-refractivity contribution < 1.29 is 14.2 Å². The zero-order chi connectivity index (χ0) is 24.5. The van der Waals surface area contributed by atoms with E-state index in [0.717, 1.165) is 30.3 Å². The number of benzene rings is 1. The molecule has 1 aliphatic carbocycles. The summed E-state index contributed by atoms with van der Waals surface area (Å²) in [5.41, 5.74) is 7.05. The van der Waals surface area contributed by atoms with Crippen molar-refractivity contribution in [2.24, 2.45) is 11.7 Å². The molecule has 0 radical (unpaired) electrons. The van der Waals surface area contributed by atoms with Crippen molar-refractivity contribution in [1.82, 2.24) is 24.9 Å². The van der Waals surface area contributed by atoms with Crippen LogP contribution in [0.1, 0.15) is 32.5 Å². The van der Waals surface area contributed by atoms with Crippen molar-refractivity contribution in [3.8, 4) is 11.8 Å². The second-order valence-electron chi connectivity index (χ2n) is 9.91. The van der Waals surface area contributed by atoms with E-state index >= 15 is 0 Å². The summed E-state index contributed by atoms with van der Waals surface area (Å²) in [7, 11) is 1.75. The average molecular weight is 479 g/mol. The van der Waals surface area contributed by atoms with Crippen LogP contribution in [-0.2, 0) is 5.60 Å². The quantitative estimate of drug-likeness (QED) is 0.341. The molecule has 2 bridgehead atoms. The van der Waals surface area contributed by atoms with Crippen LogP contribution < -0.4 is 20.7 Å². The number of nitrogens with one attached hydrogen (secondary N) is 2. The molecule has 35 heavy (non-hydrogen) atoms. The van der Waals surface area contributed by atoms with Gasteiger partial charge in [-0.15, -0.1) is 0 Å². The van der Waals surface area contributed by atoms with E-state index in [1.807, 2.05) is 0 Å². The second-order valence-corrected chi connectivity index (χ2v) is 9.91. The molecular formula is C24H27FN8O2. The normalized spacial score (nSPS) is 21.9. The number of anilines is 2. The third-order valence-corrected chi connectivity index (χ3v) is 7.01. The van der Waals surface area contributed by atoms with E-state index < -0.39 is 5.60 Å². The Labute approximate surface area is 200 Å². The van der Waals surface area contributed by atoms with Crippen molar-refractivity contribution in [1.29, 1.82) is 0 Å². The average Bonchev–Trinajstić information content (AvgIpc) is 3.49. The number of hydrogen-bond donors (Lipinski definition) is 4. The molecule has 1 aliphatic heterocycles. The largest absolute Gasteiger partial charge is 0.421 e. The highest BCUT2D eigenvalue weighted by atomic mass is 19.1. The predicted octanol–water partition coefficient (Wildman–Crippen LogP) is 3.03. The number of H-pyrrole nitrogens is 1. The number of hydrogen-bond acceptors (Lipinski definition) is 9. The lowest BCUT2D eigenvalue weighted by atomic mass is 10.0. The van der Waals surface area contributed by atoms with Crippen LogP contribution in [0.25, 0.3) is 21.9 Å². The summed E-state index contributed by atoms with van der Waals surface area (Å²) in [6.07, 6.45) is 4.85. The molecule has 1 saturated heterocycles. The molecule has 2 aliphatic rings. The van der Waals surface area contributed by atoms with Crippen LogP contribution in [-0.4, -0.2) is 55.7 Å². The van der Waals surface area contributed by atoms with Gasteiger partial charge in [-0.05, 0) is 44.7 Å². The summed E-state index contributed by atoms with van der Waals surface area (Å²) < 4.78 is 20.4. The standard InChI is InChI=1S/C24H27FN8O2/c1-24(2,34)22-28-8-14(9-29-22)35-23-31-20-18(15-5-12(25)6-17(27-3)19(15)30-20)21(32-23)33-10-11-4-13(33)7-16(11)26/h5-6,8-9,11,13,16,27,34H,4,7,10,26H2,1-3H3,(H,30,31,32)/t11?,13?,16-/m0/s1. The fourth-order valence-corrected chi connectivity index (χ4v) is 5.32. The molecule has 10 nitrogen and oxygen atoms in total. The first-order valence-electron chi connectivity index (χ1n) is 11.7. The van der Waals surface area contributed by atoms with Crippen molar-refractivity contribution in [2.75, 3.05) is 23.8 Å². The Hall–Kier alpha value is -3.57. The van der Waals surface area contributed by atoms with Gasteiger partial charge in [-0.3, -0.25) is 0 Å². The maximum atomic E-state index is 14.5. The molecule has 0 spiro atoms. The Balaban J connectivity index is 1.48. The summed E-state index contributed by atoms with van der Waals surface area (Å²) >= 11 is 0. The highest BCUT2D eigenvalue weighted by Gasteiger charge is 2.44. The first kappa shape index (κ1) is 21.9. The van der Waals surface area contributed by atoms with Crippen LogP contribution in [0.3, 0.4) is 0 Å². The zero-order valence-corrected chi connectivity index (χ0v) is 19.7. The van der Waals surface area contributed by atoms with Gasteiger partial charge < -0.3 is 30.8 Å². The molecule has 5 N–H and O–H groups in total. The molecule has 11 heteroatoms. The van der Waals surface area contributed by atoms with E-state index in [4.69, 9.17) is 15.5 Å². The lowest BCUT2D eigenvalue weighted by Gasteiger charge is -2.31. The lowest BCUT2D eigenvalue weighted by Crippen LogP contribution is -2.41. The summed E-state index contributed by atoms with van der Waals surface area (Å²) in [6.45, 7) is 4.00. The molecule has 4 heterocycles. The molecule has 3 aromatic heterocycles. The van der Waals surface area contributed by atoms with Gasteiger partial charge in [-0.2, -0.15) is 9.97 Å². The van der Waals surface area contributed by atoms with Crippen molar-refractivity contribution in [3.63, 3.8) is 0 Å². The van der Waals surface area contributed by atoms with E-state index in [9.17, 15) is 9.50 Å². The summed E-state index contributed by atoms with van der Waals surface area (Å²) in [4.78, 5) is 23.3. The topological polar surface area (TPSA) is 138 Å². The van der Waals surface area contributed by atoms with Crippen LogP contribution in [0.4, 0.5) is 15.9 Å². The Morgan fingerprint density at radius 2 is 2.00 bits per heavy atom. The molecular weight excluding hydrogens is 451 g/mol. The highest BCUT2D eigenvalue weighted by molar-refractivity contribution is 6.14. The molecule has 182 valence electrons. The minimum atomic E-state index is -1.17. The number of nitrogens with zero attached hydrogens (tertiary/aromatic N) is 5. The fraction of sp³-hybridized carbons (Fsp3) is 0.417. The van der Waals surface area contributed by atoms with Crippen LogP contribution >= 0.6 is 0 Å². The van der Waals surface area contributed by atoms with E-state index in [-0.39, 0.29) is 29.7 Å². The third kappa shape index (κ3) is 3.62. The van der Waals surface area contributed by atoms with Crippen molar-refractivity contribution >= 4 is 33.4 Å². The number of rotatable bonds is 5. The van der Waals surface area contributed by atoms with Crippen LogP contribution in [0.5, 0.6) is 11.8 Å². The van der Waals surface area contributed by atoms with Crippen LogP contribution in [0.2, 0.25) is 0 Å². The summed E-state index contributed by atoms with van der Waals surface area (Å²) in [5.74, 6) is 1.36. The predicted molar refractivity (Wildman–Crippen MR) is 130 cm³/mol. The van der Waals surface area contributed by atoms with Crippen LogP contribution in [0, 0.1) is 11.7 Å². The monoisotopic (exact) mass is 478 g/mol. The molecule has 6 rings (SSSR count). The van der Waals surface area contributed by atoms with Gasteiger partial charge >= 0.3 is 6.01 Å². The Kier molecular flexibility index (Phi) is 4.84. The molecule has 0 amide bonds. The van der Waals surface area contributed by atoms with Gasteiger partial charge in [0.2, 0.25) is 0 Å². The van der Waals surface area contributed by atoms with Gasteiger partial charge in [0.25, 0.3) is 0 Å². The maximum absolute atomic E-state index is 14.5. The molecule has 3 atom stereocenters. The smallest absolute Gasteiger partial charge is 0.326 e. The highest BCUT2D eigenvalue weighted by Crippen LogP contribution is 2.44. The summed E-state index contributed by atoms with van der Waals surface area (Å²) in [5, 5.41) is 14.6. The number of piperidine rings is 1. The second kappa shape index (κ2) is 7.72. The maximum Gasteiger partial charge on any atom is 0.326 e. The Morgan fingerprint density at radius 3 is 2.63 bits per heavy atom. The summed E-state index contributed by atoms with van der Waals surface area (Å²) in [6, 6.07) is 3.52. The molecule has 2 fully saturated rings. The van der Waals surface area contributed by atoms with Crippen LogP contribution in [0.15, 0.2) is 24.5 Å². The zero-order valence-electron chi connectivity index (χ0n) is 19.7. The lowest BCUT2D eigenvalue weighted by molar-refractivity contribution is 0.0685. The van der Waals surface area contributed by atoms with Gasteiger partial charge in [-0.25, -0.2) is 14.4 Å². The molecule has 4 aromatic rings. The number of aromatic amines is 1. The number of aromatic nitrogens is 5. The Bertz CT molecular complexity index is 1430. The van der Waals surface area contributed by atoms with E-state index in [1.165, 1.54) is 24.5 Å². The SMILES string of the molecule is CNc1cc(F)cc2c1[nH]c1nc(Oc3cnc(C(C)(C)O)nc3)nc(N3CC4CC3C[C@@H]4N)c12. The van der Waals surface area contributed by atoms with E-state index in [0.29, 0.717) is 34.2 Å². The molecule has 2 unspecified atom stereocenters. The van der Waals surface area contributed by atoms with Gasteiger partial charge in [0.1, 0.15) is 22.9 Å². The Morgan fingerprint density at radius 1 is 1.23 bits per heavy atom. The van der Waals surface area contributed by atoms with Gasteiger partial charge in [0, 0.05) is 31.1 Å². The van der Waals surface area contributed by atoms with Gasteiger partial charge in [0.15, 0.2) is 11.6 Å². The van der Waals surface area contributed by atoms with Gasteiger partial charge in [0.05, 0.1) is 29.0 Å². The van der Waals surface area contributed by atoms with E-state index in [2.05, 4.69) is 30.2 Å². The van der Waals surface area contributed by atoms with Crippen molar-refractivity contribution in [3.05, 3.63) is 36.2 Å². The first-order valence-corrected chi connectivity index (χ1v) is 11.7. The number of aliphatic hydroxyl groups is 1. The molecule has 1 aromatic carbocycles. The van der Waals surface area contributed by atoms with Gasteiger partial charge in [-0.1, -0.05) is 0 Å². The minimum absolute atomic E-state index is 0.122. The number of halogens is 1. The minimum Gasteiger partial charge on any atom is -0.421 e. The van der Waals surface area contributed by atoms with Crippen molar-refractivity contribution in [2.45, 2.75) is 44.4 Å². The fourth-order valence-electron chi connectivity index (χ4n) is 5.32. The number of ether oxygens (including phenoxy) is 1. The third-order valence-electron chi connectivity index (χ3n) is 7.01. The van der Waals surface area contributed by atoms with E-state index in [1.54, 1.807) is 20.9 Å².